The van der Waals surface area contributed by atoms with Gasteiger partial charge in [-0.1, -0.05) is 25.5 Å². The average molecular weight is 150 g/mol. The molecule has 0 aromatic heterocycles. The van der Waals surface area contributed by atoms with E-state index in [-0.39, 0.29) is 0 Å². The summed E-state index contributed by atoms with van der Waals surface area (Å²) in [6, 6.07) is 0. The van der Waals surface area contributed by atoms with Gasteiger partial charge in [0.1, 0.15) is 5.78 Å². The summed E-state index contributed by atoms with van der Waals surface area (Å²) in [4.78, 5) is 11.0. The van der Waals surface area contributed by atoms with Crippen molar-refractivity contribution < 1.29 is 4.79 Å². The van der Waals surface area contributed by atoms with Gasteiger partial charge in [-0.3, -0.25) is 4.79 Å². The molecular formula is C10H14O. The first kappa shape index (κ1) is 7.08. The van der Waals surface area contributed by atoms with E-state index in [0.717, 1.165) is 6.42 Å². The van der Waals surface area contributed by atoms with Gasteiger partial charge in [-0.2, -0.15) is 0 Å². The summed E-state index contributed by atoms with van der Waals surface area (Å²) in [7, 11) is 0. The van der Waals surface area contributed by atoms with Crippen LogP contribution >= 0.6 is 0 Å². The Bertz CT molecular complexity index is 225. The third kappa shape index (κ3) is 0.943. The van der Waals surface area contributed by atoms with E-state index >= 15 is 0 Å². The maximum Gasteiger partial charge on any atom is 0.140 e. The first-order valence-electron chi connectivity index (χ1n) is 4.42. The molecule has 1 nitrogen and oxygen atoms in total. The molecular weight excluding hydrogens is 136 g/mol. The van der Waals surface area contributed by atoms with Crippen molar-refractivity contribution in [1.82, 2.24) is 0 Å². The van der Waals surface area contributed by atoms with Crippen LogP contribution in [0, 0.1) is 17.8 Å². The second-order valence-corrected chi connectivity index (χ2v) is 4.06. The van der Waals surface area contributed by atoms with Crippen molar-refractivity contribution >= 4 is 5.78 Å². The fourth-order valence-electron chi connectivity index (χ4n) is 2.08. The summed E-state index contributed by atoms with van der Waals surface area (Å²) in [6.07, 6.45) is 4.24. The summed E-state index contributed by atoms with van der Waals surface area (Å²) < 4.78 is 0. The Kier molecular flexibility index (Phi) is 1.41. The van der Waals surface area contributed by atoms with Crippen molar-refractivity contribution in [2.45, 2.75) is 26.7 Å². The molecule has 11 heavy (non-hydrogen) atoms. The zero-order valence-electron chi connectivity index (χ0n) is 7.13. The molecule has 0 aromatic carbocycles. The van der Waals surface area contributed by atoms with Crippen LogP contribution in [0.15, 0.2) is 11.6 Å². The highest BCUT2D eigenvalue weighted by molar-refractivity contribution is 5.90. The minimum Gasteiger partial charge on any atom is -0.299 e. The van der Waals surface area contributed by atoms with Crippen LogP contribution in [0.2, 0.25) is 0 Å². The minimum atomic E-state index is 0.326. The van der Waals surface area contributed by atoms with Crippen molar-refractivity contribution in [2.24, 2.45) is 17.8 Å². The summed E-state index contributed by atoms with van der Waals surface area (Å²) in [5.74, 6) is 2.13. The summed E-state index contributed by atoms with van der Waals surface area (Å²) in [6.45, 7) is 4.42. The molecule has 1 saturated carbocycles. The number of ketones is 1. The van der Waals surface area contributed by atoms with Crippen LogP contribution in [-0.4, -0.2) is 5.78 Å². The zero-order chi connectivity index (χ0) is 8.01. The van der Waals surface area contributed by atoms with E-state index in [1.807, 2.05) is 0 Å². The lowest BCUT2D eigenvalue weighted by Gasteiger charge is -2.27. The smallest absolute Gasteiger partial charge is 0.140 e. The predicted molar refractivity (Wildman–Crippen MR) is 44.1 cm³/mol. The molecule has 2 aliphatic rings. The number of rotatable bonds is 1. The lowest BCUT2D eigenvalue weighted by atomic mass is 9.75. The SMILES string of the molecule is CC(C)C1=C[C@@H]2C(=O)C[C@@H]2C1. The Hall–Kier alpha value is -0.590. The van der Waals surface area contributed by atoms with Gasteiger partial charge in [-0.25, -0.2) is 0 Å². The van der Waals surface area contributed by atoms with Crippen LogP contribution < -0.4 is 0 Å². The van der Waals surface area contributed by atoms with E-state index in [2.05, 4.69) is 19.9 Å². The van der Waals surface area contributed by atoms with E-state index in [4.69, 9.17) is 0 Å². The van der Waals surface area contributed by atoms with Gasteiger partial charge in [-0.05, 0) is 18.3 Å². The third-order valence-corrected chi connectivity index (χ3v) is 2.98. The Morgan fingerprint density at radius 1 is 1.45 bits per heavy atom. The molecule has 0 unspecified atom stereocenters. The van der Waals surface area contributed by atoms with Gasteiger partial charge < -0.3 is 0 Å². The molecule has 1 fully saturated rings. The molecule has 0 amide bonds. The van der Waals surface area contributed by atoms with Gasteiger partial charge in [-0.15, -0.1) is 0 Å². The van der Waals surface area contributed by atoms with Crippen molar-refractivity contribution in [1.29, 1.82) is 0 Å². The van der Waals surface area contributed by atoms with Gasteiger partial charge in [0.2, 0.25) is 0 Å². The molecule has 0 N–H and O–H groups in total. The number of hydrogen-bond acceptors (Lipinski definition) is 1. The average Bonchev–Trinajstić information content (AvgIpc) is 2.26. The molecule has 0 saturated heterocycles. The van der Waals surface area contributed by atoms with E-state index in [9.17, 15) is 4.79 Å². The van der Waals surface area contributed by atoms with Crippen LogP contribution in [0.3, 0.4) is 0 Å². The molecule has 0 spiro atoms. The lowest BCUT2D eigenvalue weighted by Crippen LogP contribution is -2.32. The summed E-state index contributed by atoms with van der Waals surface area (Å²) >= 11 is 0. The minimum absolute atomic E-state index is 0.326. The van der Waals surface area contributed by atoms with Gasteiger partial charge in [0.05, 0.1) is 0 Å². The molecule has 0 aromatic rings. The molecule has 2 aliphatic carbocycles. The van der Waals surface area contributed by atoms with Crippen molar-refractivity contribution in [3.05, 3.63) is 11.6 Å². The number of hydrogen-bond donors (Lipinski definition) is 0. The number of Topliss-reactive ketones (excluding diaryl/α,β-unsaturated/α-hetero) is 1. The van der Waals surface area contributed by atoms with Crippen LogP contribution in [0.25, 0.3) is 0 Å². The molecule has 2 rings (SSSR count). The molecule has 0 heterocycles. The number of allylic oxidation sites excluding steroid dienone is 2. The van der Waals surface area contributed by atoms with Crippen molar-refractivity contribution in [3.8, 4) is 0 Å². The van der Waals surface area contributed by atoms with Crippen LogP contribution in [0.1, 0.15) is 26.7 Å². The summed E-state index contributed by atoms with van der Waals surface area (Å²) in [5, 5.41) is 0. The fourth-order valence-corrected chi connectivity index (χ4v) is 2.08. The highest BCUT2D eigenvalue weighted by Gasteiger charge is 2.42. The van der Waals surface area contributed by atoms with Gasteiger partial charge in [0.15, 0.2) is 0 Å². The third-order valence-electron chi connectivity index (χ3n) is 2.98. The highest BCUT2D eigenvalue weighted by Crippen LogP contribution is 2.44. The number of carbonyl (C=O) groups excluding carboxylic acids is 1. The lowest BCUT2D eigenvalue weighted by molar-refractivity contribution is -0.130. The first-order chi connectivity index (χ1) is 5.18. The zero-order valence-corrected chi connectivity index (χ0v) is 7.13. The van der Waals surface area contributed by atoms with E-state index in [0.29, 0.717) is 23.5 Å². The molecule has 0 aliphatic heterocycles. The largest absolute Gasteiger partial charge is 0.299 e. The Morgan fingerprint density at radius 2 is 2.18 bits per heavy atom. The predicted octanol–water partition coefficient (Wildman–Crippen LogP) is 2.18. The molecule has 0 bridgehead atoms. The molecule has 60 valence electrons. The topological polar surface area (TPSA) is 17.1 Å². The monoisotopic (exact) mass is 150 g/mol. The Morgan fingerprint density at radius 3 is 2.64 bits per heavy atom. The molecule has 0 radical (unpaired) electrons. The van der Waals surface area contributed by atoms with Gasteiger partial charge >= 0.3 is 0 Å². The highest BCUT2D eigenvalue weighted by atomic mass is 16.1. The van der Waals surface area contributed by atoms with Crippen molar-refractivity contribution in [2.75, 3.05) is 0 Å². The summed E-state index contributed by atoms with van der Waals surface area (Å²) in [5.41, 5.74) is 1.51. The van der Waals surface area contributed by atoms with Gasteiger partial charge in [0, 0.05) is 12.3 Å². The second-order valence-electron chi connectivity index (χ2n) is 4.06. The van der Waals surface area contributed by atoms with Crippen LogP contribution in [0.5, 0.6) is 0 Å². The Balaban J connectivity index is 2.12. The second kappa shape index (κ2) is 2.20. The van der Waals surface area contributed by atoms with Crippen molar-refractivity contribution in [3.63, 3.8) is 0 Å². The van der Waals surface area contributed by atoms with E-state index in [1.165, 1.54) is 12.0 Å². The number of carbonyl (C=O) groups is 1. The van der Waals surface area contributed by atoms with E-state index < -0.39 is 0 Å². The van der Waals surface area contributed by atoms with Crippen LogP contribution in [-0.2, 0) is 4.79 Å². The maximum absolute atomic E-state index is 11.0. The van der Waals surface area contributed by atoms with Gasteiger partial charge in [0.25, 0.3) is 0 Å². The van der Waals surface area contributed by atoms with Crippen LogP contribution in [0.4, 0.5) is 0 Å². The number of fused-ring (bicyclic) bond motifs is 1. The fraction of sp³-hybridized carbons (Fsp3) is 0.700. The normalized spacial score (nSPS) is 35.2. The standard InChI is InChI=1S/C10H14O/c1-6(2)7-3-8-5-10(11)9(8)4-7/h4,6,8-9H,3,5H2,1-2H3/t8-,9-/m0/s1. The van der Waals surface area contributed by atoms with E-state index in [1.54, 1.807) is 0 Å². The Labute approximate surface area is 67.5 Å². The quantitative estimate of drug-likeness (QED) is 0.523. The molecule has 2 atom stereocenters. The first-order valence-corrected chi connectivity index (χ1v) is 4.42. The maximum atomic E-state index is 11.0. The molecule has 1 heteroatoms.